The fraction of sp³-hybridized carbons (Fsp3) is 0.625. The van der Waals surface area contributed by atoms with Crippen molar-refractivity contribution in [1.82, 2.24) is 5.32 Å². The summed E-state index contributed by atoms with van der Waals surface area (Å²) in [6.07, 6.45) is 7.70. The quantitative estimate of drug-likeness (QED) is 0.433. The summed E-state index contributed by atoms with van der Waals surface area (Å²) < 4.78 is 0. The Balaban J connectivity index is 2.92. The van der Waals surface area contributed by atoms with Gasteiger partial charge in [-0.15, -0.1) is 12.3 Å². The van der Waals surface area contributed by atoms with Gasteiger partial charge in [-0.05, 0) is 19.4 Å². The molecule has 11 heavy (non-hydrogen) atoms. The molecule has 0 unspecified atom stereocenters. The minimum atomic E-state index is -0.818. The Bertz CT molecular complexity index is 149. The van der Waals surface area contributed by atoms with Crippen molar-refractivity contribution in [2.45, 2.75) is 19.3 Å². The van der Waals surface area contributed by atoms with Crippen LogP contribution in [0, 0.1) is 12.3 Å². The molecule has 0 bridgehead atoms. The zero-order chi connectivity index (χ0) is 8.53. The van der Waals surface area contributed by atoms with Crippen LogP contribution < -0.4 is 5.32 Å². The van der Waals surface area contributed by atoms with Crippen molar-refractivity contribution in [2.24, 2.45) is 0 Å². The third kappa shape index (κ3) is 8.99. The second kappa shape index (κ2) is 7.10. The molecule has 0 saturated carbocycles. The first-order valence-corrected chi connectivity index (χ1v) is 3.63. The normalized spacial score (nSPS) is 9.00. The number of carboxylic acid groups (broad SMARTS) is 1. The lowest BCUT2D eigenvalue weighted by Crippen LogP contribution is -2.23. The molecule has 0 atom stereocenters. The van der Waals surface area contributed by atoms with Crippen molar-refractivity contribution >= 4 is 5.97 Å². The largest absolute Gasteiger partial charge is 0.480 e. The van der Waals surface area contributed by atoms with Crippen molar-refractivity contribution in [2.75, 3.05) is 13.1 Å². The van der Waals surface area contributed by atoms with Gasteiger partial charge in [-0.25, -0.2) is 0 Å². The molecule has 0 aromatic rings. The topological polar surface area (TPSA) is 49.3 Å². The van der Waals surface area contributed by atoms with Crippen molar-refractivity contribution in [3.63, 3.8) is 0 Å². The third-order valence-electron chi connectivity index (χ3n) is 1.20. The van der Waals surface area contributed by atoms with Crippen LogP contribution >= 0.6 is 0 Å². The highest BCUT2D eigenvalue weighted by Crippen LogP contribution is 1.90. The number of hydrogen-bond acceptors (Lipinski definition) is 2. The molecular formula is C8H13NO2. The van der Waals surface area contributed by atoms with Crippen LogP contribution in [0.4, 0.5) is 0 Å². The minimum Gasteiger partial charge on any atom is -0.480 e. The molecule has 0 aliphatic carbocycles. The van der Waals surface area contributed by atoms with Gasteiger partial charge in [0.25, 0.3) is 0 Å². The fourth-order valence-electron chi connectivity index (χ4n) is 0.672. The molecule has 0 radical (unpaired) electrons. The van der Waals surface area contributed by atoms with Gasteiger partial charge in [-0.2, -0.15) is 0 Å². The number of carboxylic acids is 1. The molecule has 0 aromatic heterocycles. The van der Waals surface area contributed by atoms with Gasteiger partial charge in [-0.1, -0.05) is 0 Å². The molecule has 3 nitrogen and oxygen atoms in total. The molecule has 0 saturated heterocycles. The van der Waals surface area contributed by atoms with Crippen LogP contribution in [0.5, 0.6) is 0 Å². The average molecular weight is 155 g/mol. The van der Waals surface area contributed by atoms with Crippen LogP contribution in [0.15, 0.2) is 0 Å². The lowest BCUT2D eigenvalue weighted by Gasteiger charge is -1.98. The highest BCUT2D eigenvalue weighted by Gasteiger charge is 1.93. The molecule has 62 valence electrons. The standard InChI is InChI=1S/C8H13NO2/c1-2-3-4-5-6-9-7-8(10)11/h1,9H,3-7H2,(H,10,11). The summed E-state index contributed by atoms with van der Waals surface area (Å²) in [7, 11) is 0. The zero-order valence-corrected chi connectivity index (χ0v) is 6.47. The van der Waals surface area contributed by atoms with Gasteiger partial charge in [0.05, 0.1) is 6.54 Å². The maximum atomic E-state index is 9.99. The summed E-state index contributed by atoms with van der Waals surface area (Å²) in [5, 5.41) is 11.0. The Labute approximate surface area is 66.8 Å². The summed E-state index contributed by atoms with van der Waals surface area (Å²) in [5.41, 5.74) is 0. The molecule has 0 amide bonds. The molecule has 0 rings (SSSR count). The number of unbranched alkanes of at least 4 members (excludes halogenated alkanes) is 2. The second-order valence-electron chi connectivity index (χ2n) is 2.23. The maximum absolute atomic E-state index is 9.99. The summed E-state index contributed by atoms with van der Waals surface area (Å²) in [6, 6.07) is 0. The molecule has 0 fully saturated rings. The van der Waals surface area contributed by atoms with E-state index in [9.17, 15) is 4.79 Å². The van der Waals surface area contributed by atoms with Crippen LogP contribution in [-0.4, -0.2) is 24.2 Å². The Hall–Kier alpha value is -1.01. The lowest BCUT2D eigenvalue weighted by molar-refractivity contribution is -0.135. The van der Waals surface area contributed by atoms with Crippen LogP contribution in [0.25, 0.3) is 0 Å². The van der Waals surface area contributed by atoms with Gasteiger partial charge < -0.3 is 10.4 Å². The number of rotatable bonds is 6. The van der Waals surface area contributed by atoms with Crippen LogP contribution in [0.1, 0.15) is 19.3 Å². The van der Waals surface area contributed by atoms with Gasteiger partial charge in [0, 0.05) is 6.42 Å². The number of aliphatic carboxylic acids is 1. The molecule has 0 aromatic carbocycles. The van der Waals surface area contributed by atoms with Crippen molar-refractivity contribution in [3.8, 4) is 12.3 Å². The van der Waals surface area contributed by atoms with Crippen molar-refractivity contribution in [1.29, 1.82) is 0 Å². The van der Waals surface area contributed by atoms with Crippen LogP contribution in [-0.2, 0) is 4.79 Å². The molecular weight excluding hydrogens is 142 g/mol. The van der Waals surface area contributed by atoms with Gasteiger partial charge in [0.15, 0.2) is 0 Å². The lowest BCUT2D eigenvalue weighted by atomic mass is 10.2. The molecule has 0 spiro atoms. The first-order valence-electron chi connectivity index (χ1n) is 3.63. The fourth-order valence-corrected chi connectivity index (χ4v) is 0.672. The predicted octanol–water partition coefficient (Wildman–Crippen LogP) is 0.464. The summed E-state index contributed by atoms with van der Waals surface area (Å²) in [5.74, 6) is 1.71. The SMILES string of the molecule is C#CCCCCNCC(=O)O. The zero-order valence-electron chi connectivity index (χ0n) is 6.47. The van der Waals surface area contributed by atoms with E-state index < -0.39 is 5.97 Å². The minimum absolute atomic E-state index is 0.0378. The van der Waals surface area contributed by atoms with Crippen LogP contribution in [0.2, 0.25) is 0 Å². The molecule has 0 aliphatic rings. The van der Waals surface area contributed by atoms with E-state index in [1.54, 1.807) is 0 Å². The Morgan fingerprint density at radius 3 is 2.82 bits per heavy atom. The highest BCUT2D eigenvalue weighted by atomic mass is 16.4. The van der Waals surface area contributed by atoms with E-state index in [2.05, 4.69) is 11.2 Å². The van der Waals surface area contributed by atoms with Gasteiger partial charge >= 0.3 is 5.97 Å². The number of nitrogens with one attached hydrogen (secondary N) is 1. The van der Waals surface area contributed by atoms with E-state index in [4.69, 9.17) is 11.5 Å². The van der Waals surface area contributed by atoms with Crippen molar-refractivity contribution in [3.05, 3.63) is 0 Å². The van der Waals surface area contributed by atoms with Gasteiger partial charge in [0.2, 0.25) is 0 Å². The van der Waals surface area contributed by atoms with E-state index in [1.807, 2.05) is 0 Å². The first kappa shape index (κ1) is 9.99. The van der Waals surface area contributed by atoms with Gasteiger partial charge in [0.1, 0.15) is 0 Å². The Kier molecular flexibility index (Phi) is 6.45. The highest BCUT2D eigenvalue weighted by molar-refractivity contribution is 5.68. The smallest absolute Gasteiger partial charge is 0.317 e. The van der Waals surface area contributed by atoms with Crippen LogP contribution in [0.3, 0.4) is 0 Å². The maximum Gasteiger partial charge on any atom is 0.317 e. The summed E-state index contributed by atoms with van der Waals surface area (Å²) >= 11 is 0. The average Bonchev–Trinajstić information content (AvgIpc) is 1.96. The predicted molar refractivity (Wildman–Crippen MR) is 43.2 cm³/mol. The second-order valence-corrected chi connectivity index (χ2v) is 2.23. The van der Waals surface area contributed by atoms with E-state index in [-0.39, 0.29) is 6.54 Å². The molecule has 0 aliphatic heterocycles. The van der Waals surface area contributed by atoms with Gasteiger partial charge in [-0.3, -0.25) is 4.79 Å². The number of carbonyl (C=O) groups is 1. The third-order valence-corrected chi connectivity index (χ3v) is 1.20. The first-order chi connectivity index (χ1) is 5.27. The summed E-state index contributed by atoms with van der Waals surface area (Å²) in [4.78, 5) is 9.99. The number of terminal acetylenes is 1. The Morgan fingerprint density at radius 1 is 1.55 bits per heavy atom. The molecule has 0 heterocycles. The van der Waals surface area contributed by atoms with E-state index in [0.717, 1.165) is 25.8 Å². The van der Waals surface area contributed by atoms with E-state index in [1.165, 1.54) is 0 Å². The molecule has 3 heteroatoms. The Morgan fingerprint density at radius 2 is 2.27 bits per heavy atom. The summed E-state index contributed by atoms with van der Waals surface area (Å²) in [6.45, 7) is 0.768. The van der Waals surface area contributed by atoms with Crippen molar-refractivity contribution < 1.29 is 9.90 Å². The van der Waals surface area contributed by atoms with E-state index >= 15 is 0 Å². The molecule has 2 N–H and O–H groups in total. The van der Waals surface area contributed by atoms with E-state index in [0.29, 0.717) is 0 Å². The number of hydrogen-bond donors (Lipinski definition) is 2. The monoisotopic (exact) mass is 155 g/mol.